The first-order valence-electron chi connectivity index (χ1n) is 9.63. The molecule has 0 spiro atoms. The first kappa shape index (κ1) is 21.8. The summed E-state index contributed by atoms with van der Waals surface area (Å²) >= 11 is 0. The number of benzene rings is 3. The van der Waals surface area contributed by atoms with E-state index in [-0.39, 0.29) is 11.7 Å². The number of hydrogen-bond donors (Lipinski definition) is 0. The van der Waals surface area contributed by atoms with Crippen LogP contribution in [0.4, 0.5) is 0 Å². The van der Waals surface area contributed by atoms with Crippen LogP contribution < -0.4 is 9.47 Å². The largest absolute Gasteiger partial charge is 0.497 e. The molecule has 0 fully saturated rings. The molecule has 0 bridgehead atoms. The number of esters is 1. The fourth-order valence-corrected chi connectivity index (χ4v) is 3.00. The minimum atomic E-state index is -0.692. The van der Waals surface area contributed by atoms with Crippen molar-refractivity contribution in [2.75, 3.05) is 27.4 Å². The molecule has 0 unspecified atom stereocenters. The lowest BCUT2D eigenvalue weighted by molar-refractivity contribution is -0.153. The molecule has 7 nitrogen and oxygen atoms in total. The second-order valence-corrected chi connectivity index (χ2v) is 6.90. The number of carbonyl (C=O) groups is 3. The van der Waals surface area contributed by atoms with E-state index >= 15 is 0 Å². The molecule has 1 amide bonds. The van der Waals surface area contributed by atoms with E-state index in [0.29, 0.717) is 18.4 Å². The number of nitrogens with zero attached hydrogens (tertiary/aromatic N) is 1. The SMILES string of the molecule is COc1ccc2cc(CN(C)C(=O)COC(=O)COc3ccccc3C=O)ccc2c1. The minimum Gasteiger partial charge on any atom is -0.497 e. The predicted octanol–water partition coefficient (Wildman–Crippen LogP) is 3.24. The van der Waals surface area contributed by atoms with Crippen LogP contribution in [0, 0.1) is 0 Å². The zero-order chi connectivity index (χ0) is 22.2. The average Bonchev–Trinajstić information content (AvgIpc) is 2.80. The highest BCUT2D eigenvalue weighted by Gasteiger charge is 2.14. The van der Waals surface area contributed by atoms with Crippen LogP contribution in [0.1, 0.15) is 15.9 Å². The maximum Gasteiger partial charge on any atom is 0.344 e. The summed E-state index contributed by atoms with van der Waals surface area (Å²) in [5.41, 5.74) is 1.29. The Kier molecular flexibility index (Phi) is 7.22. The number of rotatable bonds is 9. The summed E-state index contributed by atoms with van der Waals surface area (Å²) in [7, 11) is 3.27. The quantitative estimate of drug-likeness (QED) is 0.390. The predicted molar refractivity (Wildman–Crippen MR) is 115 cm³/mol. The molecular weight excluding hydrogens is 398 g/mol. The molecule has 7 heteroatoms. The maximum absolute atomic E-state index is 12.3. The number of para-hydroxylation sites is 1. The Labute approximate surface area is 180 Å². The second-order valence-electron chi connectivity index (χ2n) is 6.90. The summed E-state index contributed by atoms with van der Waals surface area (Å²) in [5.74, 6) is 0.0402. The van der Waals surface area contributed by atoms with Gasteiger partial charge in [-0.1, -0.05) is 30.3 Å². The van der Waals surface area contributed by atoms with Gasteiger partial charge in [0.2, 0.25) is 0 Å². The van der Waals surface area contributed by atoms with Crippen molar-refractivity contribution in [2.24, 2.45) is 0 Å². The number of methoxy groups -OCH3 is 1. The maximum atomic E-state index is 12.3. The van der Waals surface area contributed by atoms with E-state index in [0.717, 1.165) is 22.1 Å². The van der Waals surface area contributed by atoms with Gasteiger partial charge in [-0.3, -0.25) is 9.59 Å². The Hall–Kier alpha value is -3.87. The monoisotopic (exact) mass is 421 g/mol. The summed E-state index contributed by atoms with van der Waals surface area (Å²) in [6.07, 6.45) is 0.641. The van der Waals surface area contributed by atoms with Crippen LogP contribution in [0.15, 0.2) is 60.7 Å². The van der Waals surface area contributed by atoms with Gasteiger partial charge in [-0.15, -0.1) is 0 Å². The van der Waals surface area contributed by atoms with Gasteiger partial charge in [0.25, 0.3) is 5.91 Å². The third-order valence-electron chi connectivity index (χ3n) is 4.71. The first-order valence-corrected chi connectivity index (χ1v) is 9.63. The molecule has 0 saturated carbocycles. The number of fused-ring (bicyclic) bond motifs is 1. The van der Waals surface area contributed by atoms with E-state index < -0.39 is 19.2 Å². The van der Waals surface area contributed by atoms with Gasteiger partial charge in [-0.2, -0.15) is 0 Å². The summed E-state index contributed by atoms with van der Waals surface area (Å²) in [6.45, 7) is -0.406. The van der Waals surface area contributed by atoms with Crippen molar-refractivity contribution in [1.82, 2.24) is 4.90 Å². The Bertz CT molecular complexity index is 1090. The molecule has 0 aliphatic carbocycles. The molecule has 3 aromatic carbocycles. The van der Waals surface area contributed by atoms with Crippen molar-refractivity contribution in [1.29, 1.82) is 0 Å². The molecule has 0 saturated heterocycles. The Morgan fingerprint density at radius 3 is 2.48 bits per heavy atom. The summed E-state index contributed by atoms with van der Waals surface area (Å²) in [5, 5.41) is 2.08. The van der Waals surface area contributed by atoms with Crippen molar-refractivity contribution < 1.29 is 28.6 Å². The van der Waals surface area contributed by atoms with Gasteiger partial charge in [0, 0.05) is 13.6 Å². The molecule has 0 aliphatic heterocycles. The summed E-state index contributed by atoms with van der Waals surface area (Å²) in [4.78, 5) is 36.7. The summed E-state index contributed by atoms with van der Waals surface area (Å²) < 4.78 is 15.5. The van der Waals surface area contributed by atoms with Crippen LogP contribution in [0.3, 0.4) is 0 Å². The van der Waals surface area contributed by atoms with Gasteiger partial charge in [-0.05, 0) is 46.7 Å². The van der Waals surface area contributed by atoms with Gasteiger partial charge in [-0.25, -0.2) is 4.79 Å². The van der Waals surface area contributed by atoms with Crippen LogP contribution in [0.2, 0.25) is 0 Å². The van der Waals surface area contributed by atoms with Crippen molar-refractivity contribution in [3.05, 3.63) is 71.8 Å². The van der Waals surface area contributed by atoms with Gasteiger partial charge in [0.05, 0.1) is 12.7 Å². The van der Waals surface area contributed by atoms with E-state index in [4.69, 9.17) is 14.2 Å². The van der Waals surface area contributed by atoms with Gasteiger partial charge in [0.1, 0.15) is 11.5 Å². The third kappa shape index (κ3) is 5.82. The highest BCUT2D eigenvalue weighted by atomic mass is 16.6. The number of aldehydes is 1. The molecule has 0 aliphatic rings. The number of ether oxygens (including phenoxy) is 3. The third-order valence-corrected chi connectivity index (χ3v) is 4.71. The molecule has 3 rings (SSSR count). The Balaban J connectivity index is 1.49. The van der Waals surface area contributed by atoms with Crippen LogP contribution in [0.25, 0.3) is 10.8 Å². The fourth-order valence-electron chi connectivity index (χ4n) is 3.00. The van der Waals surface area contributed by atoms with E-state index in [1.165, 1.54) is 4.90 Å². The molecule has 0 aromatic heterocycles. The first-order chi connectivity index (χ1) is 15.0. The normalized spacial score (nSPS) is 10.4. The van der Waals surface area contributed by atoms with E-state index in [9.17, 15) is 14.4 Å². The molecule has 0 heterocycles. The lowest BCUT2D eigenvalue weighted by atomic mass is 10.1. The van der Waals surface area contributed by atoms with Crippen molar-refractivity contribution in [3.8, 4) is 11.5 Å². The summed E-state index contributed by atoms with van der Waals surface area (Å²) in [6, 6.07) is 18.2. The molecule has 0 N–H and O–H groups in total. The molecule has 160 valence electrons. The van der Waals surface area contributed by atoms with E-state index in [1.54, 1.807) is 38.4 Å². The molecule has 0 radical (unpaired) electrons. The molecule has 31 heavy (non-hydrogen) atoms. The highest BCUT2D eigenvalue weighted by Crippen LogP contribution is 2.22. The Morgan fingerprint density at radius 1 is 0.968 bits per heavy atom. The number of likely N-dealkylation sites (N-methyl/N-ethyl adjacent to an activating group) is 1. The number of carbonyl (C=O) groups excluding carboxylic acids is 3. The van der Waals surface area contributed by atoms with E-state index in [1.807, 2.05) is 36.4 Å². The van der Waals surface area contributed by atoms with Crippen LogP contribution >= 0.6 is 0 Å². The lowest BCUT2D eigenvalue weighted by Crippen LogP contribution is -2.31. The second kappa shape index (κ2) is 10.2. The topological polar surface area (TPSA) is 82.1 Å². The number of amides is 1. The smallest absolute Gasteiger partial charge is 0.344 e. The average molecular weight is 421 g/mol. The minimum absolute atomic E-state index is 0.284. The standard InChI is InChI=1S/C24H23NO6/c1-25(13-17-7-8-19-12-21(29-2)10-9-18(19)11-17)23(27)15-31-24(28)16-30-22-6-4-3-5-20(22)14-26/h3-12,14H,13,15-16H2,1-2H3. The fraction of sp³-hybridized carbons (Fsp3) is 0.208. The van der Waals surface area contributed by atoms with Crippen LogP contribution in [-0.4, -0.2) is 50.4 Å². The highest BCUT2D eigenvalue weighted by molar-refractivity contribution is 5.85. The van der Waals surface area contributed by atoms with Gasteiger partial charge < -0.3 is 19.1 Å². The van der Waals surface area contributed by atoms with Gasteiger partial charge in [0.15, 0.2) is 19.5 Å². The van der Waals surface area contributed by atoms with E-state index in [2.05, 4.69) is 0 Å². The van der Waals surface area contributed by atoms with Crippen molar-refractivity contribution >= 4 is 28.9 Å². The lowest BCUT2D eigenvalue weighted by Gasteiger charge is -2.18. The Morgan fingerprint density at radius 2 is 1.71 bits per heavy atom. The van der Waals surface area contributed by atoms with Crippen molar-refractivity contribution in [3.63, 3.8) is 0 Å². The van der Waals surface area contributed by atoms with Gasteiger partial charge >= 0.3 is 5.97 Å². The van der Waals surface area contributed by atoms with Crippen molar-refractivity contribution in [2.45, 2.75) is 6.54 Å². The van der Waals surface area contributed by atoms with Crippen LogP contribution in [-0.2, 0) is 20.9 Å². The molecular formula is C24H23NO6. The zero-order valence-electron chi connectivity index (χ0n) is 17.4. The molecule has 0 atom stereocenters. The molecule has 3 aromatic rings. The zero-order valence-corrected chi connectivity index (χ0v) is 17.4. The number of hydrogen-bond acceptors (Lipinski definition) is 6. The van der Waals surface area contributed by atoms with Crippen LogP contribution in [0.5, 0.6) is 11.5 Å².